The van der Waals surface area contributed by atoms with Gasteiger partial charge >= 0.3 is 5.97 Å². The van der Waals surface area contributed by atoms with Crippen LogP contribution in [0.25, 0.3) is 0 Å². The molecule has 0 aromatic carbocycles. The molecule has 5 heteroatoms. The summed E-state index contributed by atoms with van der Waals surface area (Å²) in [6, 6.07) is 0. The standard InChI is InChI=1S/C7H8N2O3/c10-7(11)5-3-8-9-1-2-12-4-6(5)9/h3H,1-2,4H2,(H,10,11). The second-order valence-corrected chi connectivity index (χ2v) is 2.59. The van der Waals surface area contributed by atoms with Gasteiger partial charge < -0.3 is 9.84 Å². The van der Waals surface area contributed by atoms with E-state index < -0.39 is 5.97 Å². The van der Waals surface area contributed by atoms with Crippen molar-refractivity contribution in [2.75, 3.05) is 6.61 Å². The number of aromatic carboxylic acids is 1. The molecule has 12 heavy (non-hydrogen) atoms. The summed E-state index contributed by atoms with van der Waals surface area (Å²) >= 11 is 0. The van der Waals surface area contributed by atoms with Gasteiger partial charge in [-0.3, -0.25) is 4.68 Å². The van der Waals surface area contributed by atoms with Crippen LogP contribution >= 0.6 is 0 Å². The monoisotopic (exact) mass is 168 g/mol. The molecule has 0 spiro atoms. The summed E-state index contributed by atoms with van der Waals surface area (Å²) in [5.41, 5.74) is 0.906. The van der Waals surface area contributed by atoms with Crippen LogP contribution in [0.3, 0.4) is 0 Å². The van der Waals surface area contributed by atoms with E-state index in [2.05, 4.69) is 5.10 Å². The summed E-state index contributed by atoms with van der Waals surface area (Å²) in [7, 11) is 0. The first-order valence-electron chi connectivity index (χ1n) is 3.65. The molecular formula is C7H8N2O3. The molecule has 0 fully saturated rings. The number of rotatable bonds is 1. The van der Waals surface area contributed by atoms with E-state index in [1.807, 2.05) is 0 Å². The van der Waals surface area contributed by atoms with E-state index in [0.29, 0.717) is 25.5 Å². The van der Waals surface area contributed by atoms with Crippen LogP contribution in [-0.2, 0) is 17.9 Å². The molecule has 0 bridgehead atoms. The maximum Gasteiger partial charge on any atom is 0.339 e. The smallest absolute Gasteiger partial charge is 0.339 e. The zero-order valence-electron chi connectivity index (χ0n) is 6.36. The van der Waals surface area contributed by atoms with Gasteiger partial charge in [0.2, 0.25) is 0 Å². The van der Waals surface area contributed by atoms with Gasteiger partial charge in [-0.1, -0.05) is 0 Å². The summed E-state index contributed by atoms with van der Waals surface area (Å²) in [6.07, 6.45) is 1.37. The van der Waals surface area contributed by atoms with Gasteiger partial charge in [-0.25, -0.2) is 4.79 Å². The molecule has 0 radical (unpaired) electrons. The Morgan fingerprint density at radius 3 is 3.33 bits per heavy atom. The van der Waals surface area contributed by atoms with Gasteiger partial charge in [-0.05, 0) is 0 Å². The minimum absolute atomic E-state index is 0.245. The molecule has 0 saturated heterocycles. The van der Waals surface area contributed by atoms with Crippen molar-refractivity contribution in [3.8, 4) is 0 Å². The summed E-state index contributed by atoms with van der Waals surface area (Å²) in [5.74, 6) is -0.943. The predicted molar refractivity (Wildman–Crippen MR) is 38.8 cm³/mol. The van der Waals surface area contributed by atoms with Gasteiger partial charge in [0.05, 0.1) is 31.6 Å². The SMILES string of the molecule is O=C(O)c1cnn2c1COCC2. The molecular weight excluding hydrogens is 160 g/mol. The number of carboxylic acid groups (broad SMARTS) is 1. The van der Waals surface area contributed by atoms with Gasteiger partial charge in [-0.15, -0.1) is 0 Å². The lowest BCUT2D eigenvalue weighted by molar-refractivity contribution is 0.0654. The molecule has 1 aliphatic heterocycles. The van der Waals surface area contributed by atoms with Crippen LogP contribution in [0, 0.1) is 0 Å². The Morgan fingerprint density at radius 2 is 2.58 bits per heavy atom. The first kappa shape index (κ1) is 7.30. The number of nitrogens with zero attached hydrogens (tertiary/aromatic N) is 2. The molecule has 1 aromatic heterocycles. The Labute approximate surface area is 68.6 Å². The minimum Gasteiger partial charge on any atom is -0.478 e. The number of hydrogen-bond donors (Lipinski definition) is 1. The lowest BCUT2D eigenvalue weighted by Crippen LogP contribution is -2.18. The average molecular weight is 168 g/mol. The molecule has 2 heterocycles. The second-order valence-electron chi connectivity index (χ2n) is 2.59. The van der Waals surface area contributed by atoms with E-state index in [0.717, 1.165) is 0 Å². The van der Waals surface area contributed by atoms with E-state index in [1.165, 1.54) is 6.20 Å². The summed E-state index contributed by atoms with van der Waals surface area (Å²) < 4.78 is 6.79. The Hall–Kier alpha value is -1.36. The zero-order chi connectivity index (χ0) is 8.55. The second kappa shape index (κ2) is 2.60. The van der Waals surface area contributed by atoms with E-state index in [1.54, 1.807) is 4.68 Å². The van der Waals surface area contributed by atoms with E-state index in [9.17, 15) is 4.79 Å². The van der Waals surface area contributed by atoms with Crippen molar-refractivity contribution in [1.82, 2.24) is 9.78 Å². The average Bonchev–Trinajstić information content (AvgIpc) is 2.47. The first-order chi connectivity index (χ1) is 5.79. The maximum absolute atomic E-state index is 10.6. The fraction of sp³-hybridized carbons (Fsp3) is 0.429. The Morgan fingerprint density at radius 1 is 1.75 bits per heavy atom. The van der Waals surface area contributed by atoms with Crippen LogP contribution in [0.1, 0.15) is 16.1 Å². The number of carbonyl (C=O) groups is 1. The molecule has 5 nitrogen and oxygen atoms in total. The molecule has 0 amide bonds. The van der Waals surface area contributed by atoms with Crippen molar-refractivity contribution in [3.05, 3.63) is 17.5 Å². The lowest BCUT2D eigenvalue weighted by atomic mass is 10.2. The van der Waals surface area contributed by atoms with Gasteiger partial charge in [0.15, 0.2) is 0 Å². The van der Waals surface area contributed by atoms with Crippen LogP contribution in [0.2, 0.25) is 0 Å². The van der Waals surface area contributed by atoms with Crippen molar-refractivity contribution in [2.45, 2.75) is 13.2 Å². The molecule has 0 aliphatic carbocycles. The molecule has 2 rings (SSSR count). The summed E-state index contributed by atoms with van der Waals surface area (Å²) in [5, 5.41) is 12.7. The third kappa shape index (κ3) is 0.984. The van der Waals surface area contributed by atoms with E-state index in [4.69, 9.17) is 9.84 Å². The number of fused-ring (bicyclic) bond motifs is 1. The highest BCUT2D eigenvalue weighted by Crippen LogP contribution is 2.13. The van der Waals surface area contributed by atoms with Crippen molar-refractivity contribution in [2.24, 2.45) is 0 Å². The predicted octanol–water partition coefficient (Wildman–Crippen LogP) is 0.111. The van der Waals surface area contributed by atoms with Crippen LogP contribution in [0.15, 0.2) is 6.20 Å². The fourth-order valence-corrected chi connectivity index (χ4v) is 1.25. The molecule has 64 valence electrons. The zero-order valence-corrected chi connectivity index (χ0v) is 6.36. The normalized spacial score (nSPS) is 15.7. The van der Waals surface area contributed by atoms with Crippen LogP contribution < -0.4 is 0 Å². The molecule has 1 aliphatic rings. The molecule has 0 saturated carbocycles. The number of aromatic nitrogens is 2. The van der Waals surface area contributed by atoms with Gasteiger partial charge in [0, 0.05) is 0 Å². The molecule has 0 atom stereocenters. The highest BCUT2D eigenvalue weighted by molar-refractivity contribution is 5.88. The number of carboxylic acids is 1. The number of hydrogen-bond acceptors (Lipinski definition) is 3. The van der Waals surface area contributed by atoms with Gasteiger partial charge in [0.1, 0.15) is 5.56 Å². The van der Waals surface area contributed by atoms with Crippen LogP contribution in [0.4, 0.5) is 0 Å². The maximum atomic E-state index is 10.6. The third-order valence-corrected chi connectivity index (χ3v) is 1.87. The van der Waals surface area contributed by atoms with Crippen molar-refractivity contribution >= 4 is 5.97 Å². The molecule has 0 unspecified atom stereocenters. The lowest BCUT2D eigenvalue weighted by Gasteiger charge is -2.14. The largest absolute Gasteiger partial charge is 0.478 e. The van der Waals surface area contributed by atoms with E-state index >= 15 is 0 Å². The molecule has 1 aromatic rings. The van der Waals surface area contributed by atoms with Gasteiger partial charge in [0.25, 0.3) is 0 Å². The highest BCUT2D eigenvalue weighted by Gasteiger charge is 2.18. The van der Waals surface area contributed by atoms with Crippen LogP contribution in [-0.4, -0.2) is 27.5 Å². The summed E-state index contributed by atoms with van der Waals surface area (Å²) in [4.78, 5) is 10.6. The molecule has 1 N–H and O–H groups in total. The number of ether oxygens (including phenoxy) is 1. The Balaban J connectivity index is 2.44. The first-order valence-corrected chi connectivity index (χ1v) is 3.65. The van der Waals surface area contributed by atoms with Crippen molar-refractivity contribution in [3.63, 3.8) is 0 Å². The summed E-state index contributed by atoms with van der Waals surface area (Å²) in [6.45, 7) is 1.60. The van der Waals surface area contributed by atoms with Crippen molar-refractivity contribution < 1.29 is 14.6 Å². The Bertz CT molecular complexity index is 318. The van der Waals surface area contributed by atoms with Crippen LogP contribution in [0.5, 0.6) is 0 Å². The third-order valence-electron chi connectivity index (χ3n) is 1.87. The quantitative estimate of drug-likeness (QED) is 0.646. The topological polar surface area (TPSA) is 64.3 Å². The minimum atomic E-state index is -0.943. The van der Waals surface area contributed by atoms with Crippen molar-refractivity contribution in [1.29, 1.82) is 0 Å². The fourth-order valence-electron chi connectivity index (χ4n) is 1.25. The van der Waals surface area contributed by atoms with Gasteiger partial charge in [-0.2, -0.15) is 5.10 Å². The Kier molecular flexibility index (Phi) is 1.58. The highest BCUT2D eigenvalue weighted by atomic mass is 16.5. The van der Waals surface area contributed by atoms with E-state index in [-0.39, 0.29) is 5.56 Å².